The summed E-state index contributed by atoms with van der Waals surface area (Å²) in [5, 5.41) is 9.78. The highest BCUT2D eigenvalue weighted by Gasteiger charge is 2.32. The summed E-state index contributed by atoms with van der Waals surface area (Å²) in [5.41, 5.74) is 8.13. The number of rotatable bonds is 5. The highest BCUT2D eigenvalue weighted by molar-refractivity contribution is 5.95. The van der Waals surface area contributed by atoms with E-state index >= 15 is 4.39 Å². The lowest BCUT2D eigenvalue weighted by atomic mass is 9.81. The van der Waals surface area contributed by atoms with E-state index in [9.17, 15) is 14.7 Å². The Morgan fingerprint density at radius 1 is 1.03 bits per heavy atom. The molecule has 2 heterocycles. The number of hydrogen-bond donors (Lipinski definition) is 1. The van der Waals surface area contributed by atoms with Crippen LogP contribution in [0.2, 0.25) is 0 Å². The van der Waals surface area contributed by atoms with E-state index in [4.69, 9.17) is 9.47 Å². The van der Waals surface area contributed by atoms with E-state index in [0.29, 0.717) is 54.3 Å². The Morgan fingerprint density at radius 3 is 2.35 bits per heavy atom. The maximum absolute atomic E-state index is 15.2. The summed E-state index contributed by atoms with van der Waals surface area (Å²) in [6, 6.07) is 8.48. The first kappa shape index (κ1) is 24.8. The second-order valence-corrected chi connectivity index (χ2v) is 9.81. The van der Waals surface area contributed by atoms with Gasteiger partial charge in [-0.3, -0.25) is 9.59 Å². The number of fused-ring (bicyclic) bond motifs is 2. The fourth-order valence-corrected chi connectivity index (χ4v) is 5.78. The van der Waals surface area contributed by atoms with Crippen LogP contribution in [0.1, 0.15) is 55.7 Å². The normalized spacial score (nSPS) is 14.1. The molecule has 5 rings (SSSR count). The van der Waals surface area contributed by atoms with Gasteiger partial charge in [0.05, 0.1) is 20.1 Å². The van der Waals surface area contributed by atoms with Gasteiger partial charge in [-0.15, -0.1) is 0 Å². The molecule has 6 nitrogen and oxygen atoms in total. The van der Waals surface area contributed by atoms with E-state index in [0.717, 1.165) is 45.4 Å². The number of carbonyl (C=O) groups excluding carboxylic acids is 1. The Morgan fingerprint density at radius 2 is 1.70 bits per heavy atom. The molecule has 1 amide bonds. The minimum Gasteiger partial charge on any atom is -0.497 e. The highest BCUT2D eigenvalue weighted by Crippen LogP contribution is 2.44. The van der Waals surface area contributed by atoms with E-state index < -0.39 is 11.8 Å². The Balaban J connectivity index is 1.63. The lowest BCUT2D eigenvalue weighted by Crippen LogP contribution is -2.25. The SMILES string of the molecule is COc1ccc(C(=O)N2Cc3c(C)c(CC(=O)O)c(-c4cc(F)c5c(c4C)CCCO5)c(C)c3C2)cc1. The van der Waals surface area contributed by atoms with Gasteiger partial charge in [0, 0.05) is 24.2 Å². The van der Waals surface area contributed by atoms with Gasteiger partial charge in [-0.25, -0.2) is 4.39 Å². The van der Waals surface area contributed by atoms with Crippen molar-refractivity contribution in [2.24, 2.45) is 0 Å². The number of carbonyl (C=O) groups is 2. The number of carboxylic acids is 1. The molecule has 2 aliphatic heterocycles. The summed E-state index contributed by atoms with van der Waals surface area (Å²) < 4.78 is 26.0. The number of methoxy groups -OCH3 is 1. The number of ether oxygens (including phenoxy) is 2. The van der Waals surface area contributed by atoms with Crippen LogP contribution in [0.5, 0.6) is 11.5 Å². The molecule has 7 heteroatoms. The first-order valence-electron chi connectivity index (χ1n) is 12.4. The number of nitrogens with zero attached hydrogens (tertiary/aromatic N) is 1. The van der Waals surface area contributed by atoms with Crippen LogP contribution < -0.4 is 9.47 Å². The molecule has 2 aliphatic rings. The van der Waals surface area contributed by atoms with Crippen molar-refractivity contribution in [1.29, 1.82) is 0 Å². The monoisotopic (exact) mass is 503 g/mol. The third kappa shape index (κ3) is 4.22. The highest BCUT2D eigenvalue weighted by atomic mass is 19.1. The van der Waals surface area contributed by atoms with Crippen molar-refractivity contribution in [3.63, 3.8) is 0 Å². The molecular formula is C30H30FNO5. The van der Waals surface area contributed by atoms with Crippen molar-refractivity contribution in [3.8, 4) is 22.6 Å². The summed E-state index contributed by atoms with van der Waals surface area (Å²) in [7, 11) is 1.58. The molecule has 192 valence electrons. The van der Waals surface area contributed by atoms with Crippen LogP contribution in [0.15, 0.2) is 30.3 Å². The number of carboxylic acid groups (broad SMARTS) is 1. The van der Waals surface area contributed by atoms with Gasteiger partial charge in [0.1, 0.15) is 5.75 Å². The third-order valence-corrected chi connectivity index (χ3v) is 7.75. The minimum absolute atomic E-state index is 0.104. The van der Waals surface area contributed by atoms with Crippen molar-refractivity contribution >= 4 is 11.9 Å². The summed E-state index contributed by atoms with van der Waals surface area (Å²) in [6.45, 7) is 7.10. The molecular weight excluding hydrogens is 473 g/mol. The van der Waals surface area contributed by atoms with Crippen LogP contribution in [-0.2, 0) is 30.7 Å². The zero-order valence-electron chi connectivity index (χ0n) is 21.5. The van der Waals surface area contributed by atoms with Crippen LogP contribution >= 0.6 is 0 Å². The Bertz CT molecular complexity index is 1430. The molecule has 0 spiro atoms. The number of benzene rings is 3. The Hall–Kier alpha value is -3.87. The molecule has 0 aromatic heterocycles. The quantitative estimate of drug-likeness (QED) is 0.495. The van der Waals surface area contributed by atoms with Gasteiger partial charge in [0.2, 0.25) is 0 Å². The van der Waals surface area contributed by atoms with E-state index in [1.165, 1.54) is 6.07 Å². The van der Waals surface area contributed by atoms with Gasteiger partial charge in [0.15, 0.2) is 11.6 Å². The van der Waals surface area contributed by atoms with Gasteiger partial charge in [-0.05, 0) is 108 Å². The number of amides is 1. The number of aliphatic carboxylic acids is 1. The molecule has 0 aliphatic carbocycles. The van der Waals surface area contributed by atoms with Gasteiger partial charge in [-0.2, -0.15) is 0 Å². The summed E-state index contributed by atoms with van der Waals surface area (Å²) in [4.78, 5) is 27.1. The predicted octanol–water partition coefficient (Wildman–Crippen LogP) is 5.53. The molecule has 0 unspecified atom stereocenters. The molecule has 3 aromatic carbocycles. The summed E-state index contributed by atoms with van der Waals surface area (Å²) >= 11 is 0. The van der Waals surface area contributed by atoms with E-state index in [1.807, 2.05) is 20.8 Å². The minimum atomic E-state index is -0.952. The molecule has 0 atom stereocenters. The topological polar surface area (TPSA) is 76.1 Å². The molecule has 0 saturated heterocycles. The third-order valence-electron chi connectivity index (χ3n) is 7.75. The Labute approximate surface area is 215 Å². The average molecular weight is 504 g/mol. The maximum Gasteiger partial charge on any atom is 0.307 e. The average Bonchev–Trinajstić information content (AvgIpc) is 3.35. The smallest absolute Gasteiger partial charge is 0.307 e. The maximum atomic E-state index is 15.2. The van der Waals surface area contributed by atoms with Gasteiger partial charge < -0.3 is 19.5 Å². The zero-order chi connectivity index (χ0) is 26.4. The second-order valence-electron chi connectivity index (χ2n) is 9.81. The lowest BCUT2D eigenvalue weighted by Gasteiger charge is -2.25. The van der Waals surface area contributed by atoms with E-state index in [-0.39, 0.29) is 12.3 Å². The van der Waals surface area contributed by atoms with Gasteiger partial charge >= 0.3 is 5.97 Å². The molecule has 1 N–H and O–H groups in total. The van der Waals surface area contributed by atoms with E-state index in [1.54, 1.807) is 36.3 Å². The first-order chi connectivity index (χ1) is 17.7. The van der Waals surface area contributed by atoms with Crippen LogP contribution in [0.25, 0.3) is 11.1 Å². The number of hydrogen-bond acceptors (Lipinski definition) is 4. The first-order valence-corrected chi connectivity index (χ1v) is 12.4. The standard InChI is InChI=1S/C30H30FNO5/c1-16-21-6-5-11-37-29(21)26(31)12-22(16)28-18(3)25-15-32(14-24(25)17(2)23(28)13-27(33)34)30(35)19-7-9-20(36-4)10-8-19/h7-10,12H,5-6,11,13-15H2,1-4H3,(H,33,34). The van der Waals surface area contributed by atoms with Crippen molar-refractivity contribution in [2.45, 2.75) is 53.1 Å². The van der Waals surface area contributed by atoms with Crippen molar-refractivity contribution in [2.75, 3.05) is 13.7 Å². The molecule has 0 radical (unpaired) electrons. The summed E-state index contributed by atoms with van der Waals surface area (Å²) in [5.74, 6) is -0.502. The van der Waals surface area contributed by atoms with Crippen LogP contribution in [0.3, 0.4) is 0 Å². The largest absolute Gasteiger partial charge is 0.497 e. The molecule has 0 fully saturated rings. The Kier molecular flexibility index (Phi) is 6.40. The van der Waals surface area contributed by atoms with Gasteiger partial charge in [0.25, 0.3) is 5.91 Å². The summed E-state index contributed by atoms with van der Waals surface area (Å²) in [6.07, 6.45) is 1.34. The fourth-order valence-electron chi connectivity index (χ4n) is 5.78. The van der Waals surface area contributed by atoms with Crippen molar-refractivity contribution in [1.82, 2.24) is 4.90 Å². The van der Waals surface area contributed by atoms with Crippen LogP contribution in [0, 0.1) is 26.6 Å². The van der Waals surface area contributed by atoms with E-state index in [2.05, 4.69) is 0 Å². The molecule has 0 saturated carbocycles. The second kappa shape index (κ2) is 9.54. The van der Waals surface area contributed by atoms with Crippen molar-refractivity contribution < 1.29 is 28.6 Å². The molecule has 0 bridgehead atoms. The van der Waals surface area contributed by atoms with Crippen LogP contribution in [-0.4, -0.2) is 35.6 Å². The van der Waals surface area contributed by atoms with Crippen LogP contribution in [0.4, 0.5) is 4.39 Å². The van der Waals surface area contributed by atoms with Crippen molar-refractivity contribution in [3.05, 3.63) is 80.7 Å². The molecule has 3 aromatic rings. The fraction of sp³-hybridized carbons (Fsp3) is 0.333. The lowest BCUT2D eigenvalue weighted by molar-refractivity contribution is -0.136. The zero-order valence-corrected chi connectivity index (χ0v) is 21.5. The number of halogens is 1. The molecule has 37 heavy (non-hydrogen) atoms. The predicted molar refractivity (Wildman–Crippen MR) is 138 cm³/mol. The van der Waals surface area contributed by atoms with Gasteiger partial charge in [-0.1, -0.05) is 0 Å².